The van der Waals surface area contributed by atoms with E-state index in [2.05, 4.69) is 15.9 Å². The fourth-order valence-corrected chi connectivity index (χ4v) is 2.72. The highest BCUT2D eigenvalue weighted by Crippen LogP contribution is 2.27. The second-order valence-electron chi connectivity index (χ2n) is 4.74. The number of carbonyl (C=O) groups is 1. The first kappa shape index (κ1) is 17.1. The van der Waals surface area contributed by atoms with Crippen molar-refractivity contribution < 1.29 is 9.53 Å². The number of hydrogen-bond donors (Lipinski definition) is 0. The lowest BCUT2D eigenvalue weighted by molar-refractivity contribution is -0.132. The van der Waals surface area contributed by atoms with Crippen molar-refractivity contribution in [1.29, 1.82) is 0 Å². The molecule has 22 heavy (non-hydrogen) atoms. The Hall–Kier alpha value is -1.23. The second-order valence-corrected chi connectivity index (χ2v) is 6.47. The topological polar surface area (TPSA) is 29.5 Å². The zero-order valence-electron chi connectivity index (χ0n) is 11.9. The molecule has 0 saturated carbocycles. The van der Waals surface area contributed by atoms with Crippen LogP contribution in [-0.4, -0.2) is 24.5 Å². The summed E-state index contributed by atoms with van der Waals surface area (Å²) < 4.78 is 6.23. The summed E-state index contributed by atoms with van der Waals surface area (Å²) in [6.45, 7) is 0.464. The minimum absolute atomic E-state index is 0.0374. The van der Waals surface area contributed by atoms with Crippen LogP contribution in [0.2, 0.25) is 10.0 Å². The molecule has 0 bridgehead atoms. The summed E-state index contributed by atoms with van der Waals surface area (Å²) in [5.74, 6) is 0.467. The Kier molecular flexibility index (Phi) is 6.12. The molecule has 0 radical (unpaired) electrons. The number of ether oxygens (including phenoxy) is 1. The Morgan fingerprint density at radius 2 is 1.77 bits per heavy atom. The molecule has 0 aliphatic rings. The van der Waals surface area contributed by atoms with Crippen LogP contribution in [0.4, 0.5) is 0 Å². The van der Waals surface area contributed by atoms with E-state index >= 15 is 0 Å². The smallest absolute Gasteiger partial charge is 0.260 e. The van der Waals surface area contributed by atoms with Crippen LogP contribution in [0.5, 0.6) is 5.75 Å². The third-order valence-corrected chi connectivity index (χ3v) is 4.11. The molecule has 0 aliphatic carbocycles. The number of nitrogens with zero attached hydrogens (tertiary/aromatic N) is 1. The minimum Gasteiger partial charge on any atom is -0.483 e. The monoisotopic (exact) mass is 401 g/mol. The summed E-state index contributed by atoms with van der Waals surface area (Å²) in [5, 5.41) is 1.28. The van der Waals surface area contributed by atoms with Gasteiger partial charge in [0.25, 0.3) is 5.91 Å². The third kappa shape index (κ3) is 4.90. The highest BCUT2D eigenvalue weighted by molar-refractivity contribution is 9.10. The molecule has 0 atom stereocenters. The summed E-state index contributed by atoms with van der Waals surface area (Å²) in [7, 11) is 1.73. The molecule has 2 aromatic rings. The van der Waals surface area contributed by atoms with E-state index in [1.165, 1.54) is 0 Å². The van der Waals surface area contributed by atoms with Crippen LogP contribution in [0.15, 0.2) is 46.9 Å². The van der Waals surface area contributed by atoms with Gasteiger partial charge in [-0.05, 0) is 51.8 Å². The molecule has 0 fully saturated rings. The van der Waals surface area contributed by atoms with Gasteiger partial charge in [-0.25, -0.2) is 0 Å². The first-order valence-corrected chi connectivity index (χ1v) is 8.07. The Bertz CT molecular complexity index is 662. The fourth-order valence-electron chi connectivity index (χ4n) is 1.79. The average molecular weight is 403 g/mol. The maximum Gasteiger partial charge on any atom is 0.260 e. The zero-order chi connectivity index (χ0) is 16.1. The molecule has 6 heteroatoms. The van der Waals surface area contributed by atoms with E-state index in [1.54, 1.807) is 42.3 Å². The van der Waals surface area contributed by atoms with Gasteiger partial charge >= 0.3 is 0 Å². The lowest BCUT2D eigenvalue weighted by atomic mass is 10.2. The first-order chi connectivity index (χ1) is 10.5. The lowest BCUT2D eigenvalue weighted by Gasteiger charge is -2.18. The highest BCUT2D eigenvalue weighted by atomic mass is 79.9. The zero-order valence-corrected chi connectivity index (χ0v) is 15.0. The van der Waals surface area contributed by atoms with Crippen molar-refractivity contribution in [2.75, 3.05) is 13.7 Å². The number of halogens is 3. The fraction of sp³-hybridized carbons (Fsp3) is 0.188. The molecule has 0 saturated heterocycles. The normalized spacial score (nSPS) is 10.4. The van der Waals surface area contributed by atoms with Crippen molar-refractivity contribution in [2.45, 2.75) is 6.54 Å². The largest absolute Gasteiger partial charge is 0.483 e. The molecular formula is C16H14BrCl2NO2. The number of amides is 1. The van der Waals surface area contributed by atoms with Gasteiger partial charge in [0.1, 0.15) is 5.75 Å². The van der Waals surface area contributed by atoms with Gasteiger partial charge in [-0.3, -0.25) is 4.79 Å². The summed E-state index contributed by atoms with van der Waals surface area (Å²) in [6.07, 6.45) is 0. The molecule has 0 spiro atoms. The Labute approximate surface area is 147 Å². The van der Waals surface area contributed by atoms with Gasteiger partial charge in [0.2, 0.25) is 0 Å². The van der Waals surface area contributed by atoms with Crippen molar-refractivity contribution in [1.82, 2.24) is 4.90 Å². The third-order valence-electron chi connectivity index (χ3n) is 3.00. The van der Waals surface area contributed by atoms with Crippen LogP contribution >= 0.6 is 39.1 Å². The van der Waals surface area contributed by atoms with Crippen molar-refractivity contribution in [3.63, 3.8) is 0 Å². The van der Waals surface area contributed by atoms with E-state index in [1.807, 2.05) is 12.1 Å². The van der Waals surface area contributed by atoms with Crippen LogP contribution in [0.1, 0.15) is 5.56 Å². The van der Waals surface area contributed by atoms with Crippen molar-refractivity contribution in [3.8, 4) is 5.75 Å². The quantitative estimate of drug-likeness (QED) is 0.719. The summed E-state index contributed by atoms with van der Waals surface area (Å²) >= 11 is 15.0. The number of hydrogen-bond acceptors (Lipinski definition) is 2. The van der Waals surface area contributed by atoms with E-state index < -0.39 is 0 Å². The van der Waals surface area contributed by atoms with Crippen molar-refractivity contribution >= 4 is 45.0 Å². The Morgan fingerprint density at radius 3 is 2.41 bits per heavy atom. The molecule has 2 rings (SSSR count). The molecule has 2 aromatic carbocycles. The van der Waals surface area contributed by atoms with Gasteiger partial charge in [-0.15, -0.1) is 0 Å². The summed E-state index contributed by atoms with van der Waals surface area (Å²) in [4.78, 5) is 13.7. The number of rotatable bonds is 5. The molecule has 0 heterocycles. The predicted molar refractivity (Wildman–Crippen MR) is 92.6 cm³/mol. The van der Waals surface area contributed by atoms with Gasteiger partial charge in [-0.1, -0.05) is 35.3 Å². The van der Waals surface area contributed by atoms with Gasteiger partial charge in [0, 0.05) is 23.6 Å². The number of benzene rings is 2. The minimum atomic E-state index is -0.114. The number of likely N-dealkylation sites (N-methyl/N-ethyl adjacent to an activating group) is 1. The number of carbonyl (C=O) groups excluding carboxylic acids is 1. The Balaban J connectivity index is 1.89. The second kappa shape index (κ2) is 7.86. The lowest BCUT2D eigenvalue weighted by Crippen LogP contribution is -2.30. The van der Waals surface area contributed by atoms with E-state index in [0.717, 1.165) is 5.56 Å². The summed E-state index contributed by atoms with van der Waals surface area (Å²) in [6, 6.07) is 12.5. The van der Waals surface area contributed by atoms with Crippen LogP contribution in [0.3, 0.4) is 0 Å². The van der Waals surface area contributed by atoms with E-state index in [9.17, 15) is 4.79 Å². The SMILES string of the molecule is CN(Cc1ccc(Cl)cc1)C(=O)COc1ccc(Cl)cc1Br. The highest BCUT2D eigenvalue weighted by Gasteiger charge is 2.11. The van der Waals surface area contributed by atoms with Crippen molar-refractivity contribution in [2.24, 2.45) is 0 Å². The van der Waals surface area contributed by atoms with Crippen LogP contribution in [0.25, 0.3) is 0 Å². The standard InChI is InChI=1S/C16H14BrCl2NO2/c1-20(9-11-2-4-12(18)5-3-11)16(21)10-22-15-7-6-13(19)8-14(15)17/h2-8H,9-10H2,1H3. The van der Waals surface area contributed by atoms with Crippen LogP contribution < -0.4 is 4.74 Å². The predicted octanol–water partition coefficient (Wildman–Crippen LogP) is 4.79. The van der Waals surface area contributed by atoms with Crippen molar-refractivity contribution in [3.05, 3.63) is 62.5 Å². The van der Waals surface area contributed by atoms with Gasteiger partial charge < -0.3 is 9.64 Å². The molecule has 0 aliphatic heterocycles. The first-order valence-electron chi connectivity index (χ1n) is 6.52. The molecule has 116 valence electrons. The van der Waals surface area contributed by atoms with E-state index in [-0.39, 0.29) is 12.5 Å². The molecule has 3 nitrogen and oxygen atoms in total. The van der Waals surface area contributed by atoms with E-state index in [4.69, 9.17) is 27.9 Å². The van der Waals surface area contributed by atoms with Crippen LogP contribution in [-0.2, 0) is 11.3 Å². The maximum atomic E-state index is 12.1. The van der Waals surface area contributed by atoms with E-state index in [0.29, 0.717) is 26.8 Å². The van der Waals surface area contributed by atoms with Gasteiger partial charge in [-0.2, -0.15) is 0 Å². The molecule has 0 unspecified atom stereocenters. The Morgan fingerprint density at radius 1 is 1.14 bits per heavy atom. The molecule has 0 N–H and O–H groups in total. The molecular weight excluding hydrogens is 389 g/mol. The molecule has 1 amide bonds. The molecule has 0 aromatic heterocycles. The maximum absolute atomic E-state index is 12.1. The summed E-state index contributed by atoms with van der Waals surface area (Å²) in [5.41, 5.74) is 1.01. The van der Waals surface area contributed by atoms with Crippen LogP contribution in [0, 0.1) is 0 Å². The van der Waals surface area contributed by atoms with Gasteiger partial charge in [0.15, 0.2) is 6.61 Å². The van der Waals surface area contributed by atoms with Gasteiger partial charge in [0.05, 0.1) is 4.47 Å². The average Bonchev–Trinajstić information content (AvgIpc) is 2.48.